The first-order valence-electron chi connectivity index (χ1n) is 6.20. The molecule has 0 aromatic heterocycles. The molecule has 0 aliphatic carbocycles. The summed E-state index contributed by atoms with van der Waals surface area (Å²) in [6.45, 7) is 0. The average Bonchev–Trinajstić information content (AvgIpc) is 2.48. The molecule has 0 aliphatic rings. The summed E-state index contributed by atoms with van der Waals surface area (Å²) in [5, 5.41) is 3.80. The molecule has 22 heavy (non-hydrogen) atoms. The van der Waals surface area contributed by atoms with Gasteiger partial charge in [0.1, 0.15) is 11.6 Å². The van der Waals surface area contributed by atoms with E-state index in [2.05, 4.69) is 10.5 Å². The molecule has 0 heterocycles. The van der Waals surface area contributed by atoms with E-state index in [4.69, 9.17) is 4.74 Å². The molecule has 0 fully saturated rings. The molecule has 0 spiro atoms. The Morgan fingerprint density at radius 1 is 1.14 bits per heavy atom. The molecule has 3 nitrogen and oxygen atoms in total. The molecule has 0 saturated heterocycles. The van der Waals surface area contributed by atoms with E-state index in [1.807, 2.05) is 6.07 Å². The molecule has 1 N–H and O–H groups in total. The Kier molecular flexibility index (Phi) is 4.65. The standard InChI is InChI=1S/C15H12F4N2O/c1-22-14-8-10(15(17,18)19)7-13(16)12(14)9-20-21-11-5-3-2-4-6-11/h2-9,21H,1H3. The van der Waals surface area contributed by atoms with E-state index in [-0.39, 0.29) is 11.3 Å². The van der Waals surface area contributed by atoms with Gasteiger partial charge in [-0.05, 0) is 24.3 Å². The minimum Gasteiger partial charge on any atom is -0.496 e. The third-order valence-corrected chi connectivity index (χ3v) is 2.80. The lowest BCUT2D eigenvalue weighted by Crippen LogP contribution is -2.08. The fourth-order valence-corrected chi connectivity index (χ4v) is 1.73. The van der Waals surface area contributed by atoms with Crippen molar-refractivity contribution in [3.63, 3.8) is 0 Å². The molecule has 2 aromatic carbocycles. The predicted molar refractivity (Wildman–Crippen MR) is 75.6 cm³/mol. The van der Waals surface area contributed by atoms with Crippen molar-refractivity contribution in [2.75, 3.05) is 12.5 Å². The normalized spacial score (nSPS) is 11.7. The third-order valence-electron chi connectivity index (χ3n) is 2.80. The van der Waals surface area contributed by atoms with Crippen molar-refractivity contribution in [2.45, 2.75) is 6.18 Å². The van der Waals surface area contributed by atoms with Crippen molar-refractivity contribution in [3.8, 4) is 5.75 Å². The second-order valence-corrected chi connectivity index (χ2v) is 4.31. The van der Waals surface area contributed by atoms with Gasteiger partial charge in [0.05, 0.1) is 30.1 Å². The first kappa shape index (κ1) is 15.8. The lowest BCUT2D eigenvalue weighted by molar-refractivity contribution is -0.137. The van der Waals surface area contributed by atoms with Crippen LogP contribution in [0.2, 0.25) is 0 Å². The SMILES string of the molecule is COc1cc(C(F)(F)F)cc(F)c1C=NNc1ccccc1. The molecule has 0 atom stereocenters. The highest BCUT2D eigenvalue weighted by Gasteiger charge is 2.32. The molecule has 0 saturated carbocycles. The first-order valence-corrected chi connectivity index (χ1v) is 6.20. The number of hydrogen-bond acceptors (Lipinski definition) is 3. The van der Waals surface area contributed by atoms with Gasteiger partial charge in [0.2, 0.25) is 0 Å². The Bertz CT molecular complexity index is 669. The van der Waals surface area contributed by atoms with Gasteiger partial charge < -0.3 is 4.74 Å². The van der Waals surface area contributed by atoms with Gasteiger partial charge in [-0.15, -0.1) is 0 Å². The number of hydrogen-bond donors (Lipinski definition) is 1. The zero-order valence-electron chi connectivity index (χ0n) is 11.5. The predicted octanol–water partition coefficient (Wildman–Crippen LogP) is 4.30. The van der Waals surface area contributed by atoms with Crippen molar-refractivity contribution < 1.29 is 22.3 Å². The fourth-order valence-electron chi connectivity index (χ4n) is 1.73. The number of nitrogens with one attached hydrogen (secondary N) is 1. The number of ether oxygens (including phenoxy) is 1. The number of anilines is 1. The zero-order chi connectivity index (χ0) is 16.2. The molecule has 116 valence electrons. The Balaban J connectivity index is 2.27. The van der Waals surface area contributed by atoms with Crippen LogP contribution in [0.15, 0.2) is 47.6 Å². The molecular formula is C15H12F4N2O. The number of para-hydroxylation sites is 1. The molecule has 0 amide bonds. The summed E-state index contributed by atoms with van der Waals surface area (Å²) in [7, 11) is 1.16. The van der Waals surface area contributed by atoms with Crippen LogP contribution in [-0.4, -0.2) is 13.3 Å². The average molecular weight is 312 g/mol. The van der Waals surface area contributed by atoms with E-state index in [1.54, 1.807) is 24.3 Å². The maximum Gasteiger partial charge on any atom is 0.416 e. The van der Waals surface area contributed by atoms with Gasteiger partial charge in [0.15, 0.2) is 0 Å². The van der Waals surface area contributed by atoms with Crippen molar-refractivity contribution in [2.24, 2.45) is 5.10 Å². The summed E-state index contributed by atoms with van der Waals surface area (Å²) in [6.07, 6.45) is -3.58. The molecule has 0 bridgehead atoms. The molecule has 2 aromatic rings. The van der Waals surface area contributed by atoms with Gasteiger partial charge in [-0.2, -0.15) is 18.3 Å². The van der Waals surface area contributed by atoms with E-state index in [0.717, 1.165) is 19.4 Å². The molecule has 0 aliphatic heterocycles. The Labute approximate surface area is 124 Å². The highest BCUT2D eigenvalue weighted by Crippen LogP contribution is 2.34. The smallest absolute Gasteiger partial charge is 0.416 e. The fraction of sp³-hybridized carbons (Fsp3) is 0.133. The van der Waals surface area contributed by atoms with Gasteiger partial charge in [-0.3, -0.25) is 5.43 Å². The van der Waals surface area contributed by atoms with Crippen LogP contribution in [0, 0.1) is 5.82 Å². The minimum atomic E-state index is -4.65. The van der Waals surface area contributed by atoms with Crippen LogP contribution >= 0.6 is 0 Å². The van der Waals surface area contributed by atoms with Crippen molar-refractivity contribution in [1.29, 1.82) is 0 Å². The van der Waals surface area contributed by atoms with Crippen molar-refractivity contribution in [3.05, 3.63) is 59.4 Å². The number of rotatable bonds is 4. The van der Waals surface area contributed by atoms with E-state index in [1.165, 1.54) is 0 Å². The Morgan fingerprint density at radius 2 is 1.82 bits per heavy atom. The number of alkyl halides is 3. The second-order valence-electron chi connectivity index (χ2n) is 4.31. The number of nitrogens with zero attached hydrogens (tertiary/aromatic N) is 1. The summed E-state index contributed by atoms with van der Waals surface area (Å²) in [4.78, 5) is 0. The van der Waals surface area contributed by atoms with Gasteiger partial charge in [0, 0.05) is 0 Å². The topological polar surface area (TPSA) is 33.6 Å². The summed E-state index contributed by atoms with van der Waals surface area (Å²) in [5.74, 6) is -1.31. The lowest BCUT2D eigenvalue weighted by atomic mass is 10.1. The second kappa shape index (κ2) is 6.46. The molecule has 0 radical (unpaired) electrons. The number of hydrazone groups is 1. The first-order chi connectivity index (χ1) is 10.4. The molecule has 0 unspecified atom stereocenters. The largest absolute Gasteiger partial charge is 0.496 e. The maximum absolute atomic E-state index is 13.9. The monoisotopic (exact) mass is 312 g/mol. The summed E-state index contributed by atoms with van der Waals surface area (Å²) in [5.41, 5.74) is 2.02. The molecule has 2 rings (SSSR count). The minimum absolute atomic E-state index is 0.168. The quantitative estimate of drug-likeness (QED) is 0.519. The van der Waals surface area contributed by atoms with Crippen molar-refractivity contribution in [1.82, 2.24) is 0 Å². The van der Waals surface area contributed by atoms with Gasteiger partial charge >= 0.3 is 6.18 Å². The van der Waals surface area contributed by atoms with Gasteiger partial charge in [-0.1, -0.05) is 18.2 Å². The summed E-state index contributed by atoms with van der Waals surface area (Å²) < 4.78 is 56.5. The van der Waals surface area contributed by atoms with Crippen LogP contribution < -0.4 is 10.2 Å². The van der Waals surface area contributed by atoms with Crippen LogP contribution in [0.3, 0.4) is 0 Å². The number of benzene rings is 2. The number of methoxy groups -OCH3 is 1. The Morgan fingerprint density at radius 3 is 2.41 bits per heavy atom. The Hall–Kier alpha value is -2.57. The van der Waals surface area contributed by atoms with E-state index in [9.17, 15) is 17.6 Å². The van der Waals surface area contributed by atoms with E-state index in [0.29, 0.717) is 11.8 Å². The van der Waals surface area contributed by atoms with E-state index >= 15 is 0 Å². The number of halogens is 4. The van der Waals surface area contributed by atoms with Crippen LogP contribution in [0.4, 0.5) is 23.2 Å². The highest BCUT2D eigenvalue weighted by atomic mass is 19.4. The highest BCUT2D eigenvalue weighted by molar-refractivity contribution is 5.84. The zero-order valence-corrected chi connectivity index (χ0v) is 11.5. The van der Waals surface area contributed by atoms with Gasteiger partial charge in [-0.25, -0.2) is 4.39 Å². The van der Waals surface area contributed by atoms with Gasteiger partial charge in [0.25, 0.3) is 0 Å². The van der Waals surface area contributed by atoms with Crippen LogP contribution in [0.25, 0.3) is 0 Å². The van der Waals surface area contributed by atoms with Crippen molar-refractivity contribution >= 4 is 11.9 Å². The van der Waals surface area contributed by atoms with Crippen LogP contribution in [0.1, 0.15) is 11.1 Å². The third kappa shape index (κ3) is 3.75. The van der Waals surface area contributed by atoms with E-state index < -0.39 is 17.6 Å². The van der Waals surface area contributed by atoms with Crippen LogP contribution in [-0.2, 0) is 6.18 Å². The molecule has 7 heteroatoms. The molecular weight excluding hydrogens is 300 g/mol. The van der Waals surface area contributed by atoms with Crippen LogP contribution in [0.5, 0.6) is 5.75 Å². The summed E-state index contributed by atoms with van der Waals surface area (Å²) in [6, 6.07) is 9.97. The maximum atomic E-state index is 13.9. The summed E-state index contributed by atoms with van der Waals surface area (Å²) >= 11 is 0. The lowest BCUT2D eigenvalue weighted by Gasteiger charge is -2.11.